The molecule has 3 fully saturated rings. The molecule has 90 valence electrons. The highest BCUT2D eigenvalue weighted by molar-refractivity contribution is 5.18. The van der Waals surface area contributed by atoms with Crippen molar-refractivity contribution in [2.45, 2.75) is 38.8 Å². The van der Waals surface area contributed by atoms with Gasteiger partial charge in [0.1, 0.15) is 0 Å². The van der Waals surface area contributed by atoms with E-state index in [1.807, 2.05) is 13.1 Å². The van der Waals surface area contributed by atoms with Crippen molar-refractivity contribution < 1.29 is 0 Å². The molecular formula is C15H20N2. The maximum atomic E-state index is 4.35. The molecule has 3 aliphatic rings. The zero-order valence-electron chi connectivity index (χ0n) is 10.4. The standard InChI is InChI=1S/C15H20N2/c1-9-2-3-10(7-16-9)8-17-15-13-11-4-5-12(6-11)14(13)15/h2-3,7,11-15,17H,4-6,8H2,1H3. The zero-order valence-corrected chi connectivity index (χ0v) is 10.4. The third-order valence-corrected chi connectivity index (χ3v) is 5.25. The average molecular weight is 228 g/mol. The molecule has 2 bridgehead atoms. The molecular weight excluding hydrogens is 208 g/mol. The van der Waals surface area contributed by atoms with E-state index in [1.54, 1.807) is 6.42 Å². The second kappa shape index (κ2) is 3.55. The minimum atomic E-state index is 0.836. The van der Waals surface area contributed by atoms with Gasteiger partial charge in [0, 0.05) is 24.5 Å². The molecule has 2 heteroatoms. The summed E-state index contributed by atoms with van der Waals surface area (Å²) < 4.78 is 0. The summed E-state index contributed by atoms with van der Waals surface area (Å²) in [6, 6.07) is 5.14. The second-order valence-corrected chi connectivity index (χ2v) is 6.20. The maximum Gasteiger partial charge on any atom is 0.0372 e. The third kappa shape index (κ3) is 1.54. The summed E-state index contributed by atoms with van der Waals surface area (Å²) in [4.78, 5) is 4.35. The fraction of sp³-hybridized carbons (Fsp3) is 0.667. The molecule has 1 aromatic heterocycles. The normalized spacial score (nSPS) is 41.6. The van der Waals surface area contributed by atoms with Gasteiger partial charge in [-0.15, -0.1) is 0 Å². The number of nitrogens with one attached hydrogen (secondary N) is 1. The van der Waals surface area contributed by atoms with Gasteiger partial charge in [0.25, 0.3) is 0 Å². The molecule has 1 aromatic rings. The minimum Gasteiger partial charge on any atom is -0.309 e. The molecule has 4 rings (SSSR count). The van der Waals surface area contributed by atoms with Gasteiger partial charge < -0.3 is 5.32 Å². The van der Waals surface area contributed by atoms with Gasteiger partial charge in [-0.3, -0.25) is 4.98 Å². The van der Waals surface area contributed by atoms with Crippen LogP contribution in [0.25, 0.3) is 0 Å². The number of aromatic nitrogens is 1. The molecule has 4 unspecified atom stereocenters. The van der Waals surface area contributed by atoms with Gasteiger partial charge in [0.05, 0.1) is 0 Å². The molecule has 17 heavy (non-hydrogen) atoms. The Hall–Kier alpha value is -0.890. The van der Waals surface area contributed by atoms with Crippen molar-refractivity contribution in [3.8, 4) is 0 Å². The first-order valence-corrected chi connectivity index (χ1v) is 6.98. The average Bonchev–Trinajstić information content (AvgIpc) is 2.74. The van der Waals surface area contributed by atoms with E-state index >= 15 is 0 Å². The van der Waals surface area contributed by atoms with Crippen LogP contribution in [0.15, 0.2) is 18.3 Å². The fourth-order valence-electron chi connectivity index (χ4n) is 4.44. The monoisotopic (exact) mass is 228 g/mol. The van der Waals surface area contributed by atoms with Crippen LogP contribution in [0, 0.1) is 30.6 Å². The lowest BCUT2D eigenvalue weighted by Gasteiger charge is -2.10. The number of hydrogen-bond acceptors (Lipinski definition) is 2. The van der Waals surface area contributed by atoms with Crippen LogP contribution in [0.1, 0.15) is 30.5 Å². The zero-order chi connectivity index (χ0) is 11.4. The highest BCUT2D eigenvalue weighted by atomic mass is 15.0. The summed E-state index contributed by atoms with van der Waals surface area (Å²) in [5, 5.41) is 3.76. The van der Waals surface area contributed by atoms with Crippen LogP contribution < -0.4 is 5.32 Å². The minimum absolute atomic E-state index is 0.836. The van der Waals surface area contributed by atoms with Crippen molar-refractivity contribution in [1.29, 1.82) is 0 Å². The number of hydrogen-bond donors (Lipinski definition) is 1. The van der Waals surface area contributed by atoms with E-state index in [0.29, 0.717) is 0 Å². The van der Waals surface area contributed by atoms with Crippen LogP contribution in [0.5, 0.6) is 0 Å². The Morgan fingerprint density at radius 2 is 2.00 bits per heavy atom. The van der Waals surface area contributed by atoms with Crippen LogP contribution in [0.4, 0.5) is 0 Å². The number of nitrogens with zero attached hydrogens (tertiary/aromatic N) is 1. The smallest absolute Gasteiger partial charge is 0.0372 e. The SMILES string of the molecule is Cc1ccc(CNC2C3C4CCC(C4)C23)cn1. The van der Waals surface area contributed by atoms with Gasteiger partial charge in [-0.05, 0) is 61.5 Å². The summed E-state index contributed by atoms with van der Waals surface area (Å²) in [5.41, 5.74) is 2.43. The number of aryl methyl sites for hydroxylation is 1. The van der Waals surface area contributed by atoms with Gasteiger partial charge in [-0.25, -0.2) is 0 Å². The summed E-state index contributed by atoms with van der Waals surface area (Å²) in [6.07, 6.45) is 6.57. The van der Waals surface area contributed by atoms with Crippen LogP contribution in [0.2, 0.25) is 0 Å². The molecule has 0 saturated heterocycles. The predicted octanol–water partition coefficient (Wildman–Crippen LogP) is 2.52. The topological polar surface area (TPSA) is 24.9 Å². The summed E-state index contributed by atoms with van der Waals surface area (Å²) in [5.74, 6) is 4.21. The molecule has 0 radical (unpaired) electrons. The van der Waals surface area contributed by atoms with Crippen LogP contribution in [-0.4, -0.2) is 11.0 Å². The first-order valence-electron chi connectivity index (χ1n) is 6.98. The molecule has 4 atom stereocenters. The summed E-state index contributed by atoms with van der Waals surface area (Å²) >= 11 is 0. The summed E-state index contributed by atoms with van der Waals surface area (Å²) in [6.45, 7) is 3.05. The van der Waals surface area contributed by atoms with Crippen molar-refractivity contribution in [3.63, 3.8) is 0 Å². The van der Waals surface area contributed by atoms with E-state index in [1.165, 1.54) is 18.4 Å². The van der Waals surface area contributed by atoms with Crippen LogP contribution >= 0.6 is 0 Å². The van der Waals surface area contributed by atoms with E-state index < -0.39 is 0 Å². The molecule has 1 N–H and O–H groups in total. The Kier molecular flexibility index (Phi) is 2.10. The number of fused-ring (bicyclic) bond motifs is 5. The van der Waals surface area contributed by atoms with Gasteiger partial charge in [0.15, 0.2) is 0 Å². The van der Waals surface area contributed by atoms with Crippen LogP contribution in [0.3, 0.4) is 0 Å². The van der Waals surface area contributed by atoms with Gasteiger partial charge in [-0.1, -0.05) is 6.07 Å². The predicted molar refractivity (Wildman–Crippen MR) is 67.4 cm³/mol. The molecule has 0 aliphatic heterocycles. The lowest BCUT2D eigenvalue weighted by Crippen LogP contribution is -2.22. The fourth-order valence-corrected chi connectivity index (χ4v) is 4.44. The highest BCUT2D eigenvalue weighted by Gasteiger charge is 2.64. The van der Waals surface area contributed by atoms with Crippen molar-refractivity contribution in [3.05, 3.63) is 29.6 Å². The van der Waals surface area contributed by atoms with Crippen LogP contribution in [-0.2, 0) is 6.54 Å². The Balaban J connectivity index is 1.37. The Morgan fingerprint density at radius 3 is 2.65 bits per heavy atom. The summed E-state index contributed by atoms with van der Waals surface area (Å²) in [7, 11) is 0. The van der Waals surface area contributed by atoms with E-state index in [4.69, 9.17) is 0 Å². The largest absolute Gasteiger partial charge is 0.309 e. The molecule has 0 aromatic carbocycles. The van der Waals surface area contributed by atoms with Crippen molar-refractivity contribution >= 4 is 0 Å². The van der Waals surface area contributed by atoms with Crippen molar-refractivity contribution in [1.82, 2.24) is 10.3 Å². The van der Waals surface area contributed by atoms with Gasteiger partial charge >= 0.3 is 0 Å². The molecule has 3 aliphatic carbocycles. The maximum absolute atomic E-state index is 4.35. The molecule has 0 amide bonds. The Labute approximate surface area is 103 Å². The second-order valence-electron chi connectivity index (χ2n) is 6.20. The lowest BCUT2D eigenvalue weighted by atomic mass is 10.0. The van der Waals surface area contributed by atoms with Crippen molar-refractivity contribution in [2.24, 2.45) is 23.7 Å². The lowest BCUT2D eigenvalue weighted by molar-refractivity contribution is 0.456. The van der Waals surface area contributed by atoms with Gasteiger partial charge in [-0.2, -0.15) is 0 Å². The first kappa shape index (κ1) is 10.1. The molecule has 3 saturated carbocycles. The highest BCUT2D eigenvalue weighted by Crippen LogP contribution is 2.65. The Morgan fingerprint density at radius 1 is 1.24 bits per heavy atom. The first-order chi connectivity index (χ1) is 8.33. The van der Waals surface area contributed by atoms with Gasteiger partial charge in [0.2, 0.25) is 0 Å². The molecule has 1 heterocycles. The van der Waals surface area contributed by atoms with E-state index in [0.717, 1.165) is 42.0 Å². The molecule has 2 nitrogen and oxygen atoms in total. The Bertz CT molecular complexity index is 409. The van der Waals surface area contributed by atoms with E-state index in [9.17, 15) is 0 Å². The number of pyridine rings is 1. The van der Waals surface area contributed by atoms with E-state index in [2.05, 4.69) is 22.4 Å². The third-order valence-electron chi connectivity index (χ3n) is 5.25. The quantitative estimate of drug-likeness (QED) is 0.860. The number of rotatable bonds is 3. The molecule has 0 spiro atoms. The van der Waals surface area contributed by atoms with Crippen molar-refractivity contribution in [2.75, 3.05) is 0 Å². The van der Waals surface area contributed by atoms with E-state index in [-0.39, 0.29) is 0 Å².